The number of aliphatic hydroxyl groups is 1. The molecule has 4 N–H and O–H groups in total. The molecule has 0 saturated carbocycles. The number of nitrogens with one attached hydrogen (secondary N) is 1. The molecule has 1 aliphatic rings. The van der Waals surface area contributed by atoms with Crippen LogP contribution in [0.3, 0.4) is 0 Å². The van der Waals surface area contributed by atoms with Crippen LogP contribution in [0.5, 0.6) is 0 Å². The van der Waals surface area contributed by atoms with E-state index < -0.39 is 12.0 Å². The number of amides is 1. The Labute approximate surface area is 136 Å². The van der Waals surface area contributed by atoms with Crippen LogP contribution in [-0.4, -0.2) is 23.2 Å². The monoisotopic (exact) mass is 310 g/mol. The summed E-state index contributed by atoms with van der Waals surface area (Å²) in [5.74, 6) is -0.453. The Kier molecular flexibility index (Phi) is 4.46. The molecule has 1 amide bonds. The van der Waals surface area contributed by atoms with Crippen LogP contribution in [0, 0.1) is 6.92 Å². The van der Waals surface area contributed by atoms with Gasteiger partial charge in [0.05, 0.1) is 6.10 Å². The molecule has 0 aromatic heterocycles. The van der Waals surface area contributed by atoms with Crippen molar-refractivity contribution in [2.45, 2.75) is 38.5 Å². The third-order valence-electron chi connectivity index (χ3n) is 4.53. The molecule has 0 spiro atoms. The number of hydrogen-bond donors (Lipinski definition) is 3. The second-order valence-electron chi connectivity index (χ2n) is 6.26. The van der Waals surface area contributed by atoms with Gasteiger partial charge < -0.3 is 16.2 Å². The number of hydrogen-bond acceptors (Lipinski definition) is 3. The van der Waals surface area contributed by atoms with Crippen LogP contribution in [0.1, 0.15) is 32.6 Å². The molecule has 1 aliphatic heterocycles. The van der Waals surface area contributed by atoms with Crippen molar-refractivity contribution < 1.29 is 9.90 Å². The van der Waals surface area contributed by atoms with Crippen LogP contribution in [0.4, 0.5) is 0 Å². The molecule has 0 fully saturated rings. The standard InChI is InChI=1S/C19H22N2O2/c1-12-6-7-13-9-17(21-11-15(13)8-12)18(22)10-14-4-2-3-5-16(14)19(20)23/h2-8,17-18,21-22H,9-11H2,1H3,(H2,20,23)/t17-,18+/m0/s1. The quantitative estimate of drug-likeness (QED) is 0.805. The Morgan fingerprint density at radius 1 is 1.30 bits per heavy atom. The van der Waals surface area contributed by atoms with E-state index in [1.807, 2.05) is 12.1 Å². The van der Waals surface area contributed by atoms with E-state index in [0.29, 0.717) is 12.0 Å². The van der Waals surface area contributed by atoms with Crippen LogP contribution in [0.25, 0.3) is 0 Å². The SMILES string of the molecule is Cc1ccc2c(c1)CN[C@H]([C@H](O)Cc1ccccc1C(N)=O)C2. The number of aryl methyl sites for hydroxylation is 1. The van der Waals surface area contributed by atoms with Crippen molar-refractivity contribution in [3.05, 3.63) is 70.3 Å². The topological polar surface area (TPSA) is 75.3 Å². The third-order valence-corrected chi connectivity index (χ3v) is 4.53. The van der Waals surface area contributed by atoms with Gasteiger partial charge in [-0.1, -0.05) is 42.0 Å². The number of nitrogens with two attached hydrogens (primary N) is 1. The first-order valence-corrected chi connectivity index (χ1v) is 7.92. The van der Waals surface area contributed by atoms with Crippen LogP contribution in [0.2, 0.25) is 0 Å². The summed E-state index contributed by atoms with van der Waals surface area (Å²) in [5.41, 5.74) is 10.5. The molecule has 2 aromatic rings. The number of rotatable bonds is 4. The fourth-order valence-corrected chi connectivity index (χ4v) is 3.25. The molecule has 2 atom stereocenters. The summed E-state index contributed by atoms with van der Waals surface area (Å²) in [5, 5.41) is 14.0. The molecule has 3 rings (SSSR count). The summed E-state index contributed by atoms with van der Waals surface area (Å²) >= 11 is 0. The van der Waals surface area contributed by atoms with Gasteiger partial charge in [0.2, 0.25) is 5.91 Å². The lowest BCUT2D eigenvalue weighted by Gasteiger charge is -2.30. The molecule has 2 aromatic carbocycles. The van der Waals surface area contributed by atoms with Crippen molar-refractivity contribution in [2.75, 3.05) is 0 Å². The predicted octanol–water partition coefficient (Wildman–Crippen LogP) is 1.71. The zero-order valence-electron chi connectivity index (χ0n) is 13.3. The molecular weight excluding hydrogens is 288 g/mol. The normalized spacial score (nSPS) is 18.3. The van der Waals surface area contributed by atoms with Gasteiger partial charge in [-0.25, -0.2) is 0 Å². The average molecular weight is 310 g/mol. The van der Waals surface area contributed by atoms with Crippen LogP contribution in [0.15, 0.2) is 42.5 Å². The molecule has 0 bridgehead atoms. The van der Waals surface area contributed by atoms with E-state index in [1.54, 1.807) is 12.1 Å². The molecule has 4 heteroatoms. The minimum atomic E-state index is -0.565. The third kappa shape index (κ3) is 3.44. The minimum Gasteiger partial charge on any atom is -0.391 e. The maximum atomic E-state index is 11.5. The van der Waals surface area contributed by atoms with Crippen molar-refractivity contribution in [3.8, 4) is 0 Å². The second kappa shape index (κ2) is 6.52. The highest BCUT2D eigenvalue weighted by Gasteiger charge is 2.25. The van der Waals surface area contributed by atoms with E-state index in [4.69, 9.17) is 5.73 Å². The lowest BCUT2D eigenvalue weighted by molar-refractivity contribution is 0.0995. The summed E-state index contributed by atoms with van der Waals surface area (Å²) in [7, 11) is 0. The van der Waals surface area contributed by atoms with Crippen molar-refractivity contribution >= 4 is 5.91 Å². The molecular formula is C19H22N2O2. The van der Waals surface area contributed by atoms with E-state index in [-0.39, 0.29) is 6.04 Å². The van der Waals surface area contributed by atoms with Crippen molar-refractivity contribution in [1.82, 2.24) is 5.32 Å². The van der Waals surface area contributed by atoms with E-state index >= 15 is 0 Å². The first-order chi connectivity index (χ1) is 11.0. The Hall–Kier alpha value is -2.17. The molecule has 0 saturated heterocycles. The summed E-state index contributed by atoms with van der Waals surface area (Å²) in [6.45, 7) is 2.85. The molecule has 0 aliphatic carbocycles. The maximum Gasteiger partial charge on any atom is 0.248 e. The van der Waals surface area contributed by atoms with Crippen molar-refractivity contribution in [3.63, 3.8) is 0 Å². The zero-order valence-corrected chi connectivity index (χ0v) is 13.3. The fraction of sp³-hybridized carbons (Fsp3) is 0.316. The van der Waals surface area contributed by atoms with Gasteiger partial charge in [0.25, 0.3) is 0 Å². The summed E-state index contributed by atoms with van der Waals surface area (Å²) in [4.78, 5) is 11.5. The smallest absolute Gasteiger partial charge is 0.248 e. The highest BCUT2D eigenvalue weighted by atomic mass is 16.3. The maximum absolute atomic E-state index is 11.5. The molecule has 0 radical (unpaired) electrons. The van der Waals surface area contributed by atoms with Crippen LogP contribution in [-0.2, 0) is 19.4 Å². The van der Waals surface area contributed by atoms with E-state index in [1.165, 1.54) is 16.7 Å². The van der Waals surface area contributed by atoms with E-state index in [0.717, 1.165) is 18.5 Å². The molecule has 1 heterocycles. The summed E-state index contributed by atoms with van der Waals surface area (Å²) in [6.07, 6.45) is 0.637. The fourth-order valence-electron chi connectivity index (χ4n) is 3.25. The van der Waals surface area contributed by atoms with E-state index in [9.17, 15) is 9.90 Å². The van der Waals surface area contributed by atoms with Crippen molar-refractivity contribution in [1.29, 1.82) is 0 Å². The number of fused-ring (bicyclic) bond motifs is 1. The second-order valence-corrected chi connectivity index (χ2v) is 6.26. The lowest BCUT2D eigenvalue weighted by Crippen LogP contribution is -2.45. The summed E-state index contributed by atoms with van der Waals surface area (Å²) < 4.78 is 0. The first kappa shape index (κ1) is 15.7. The van der Waals surface area contributed by atoms with E-state index in [2.05, 4.69) is 30.4 Å². The van der Waals surface area contributed by atoms with Crippen LogP contribution < -0.4 is 11.1 Å². The van der Waals surface area contributed by atoms with Gasteiger partial charge in [-0.05, 0) is 36.1 Å². The van der Waals surface area contributed by atoms with Gasteiger partial charge in [0.1, 0.15) is 0 Å². The number of carbonyl (C=O) groups is 1. The predicted molar refractivity (Wildman–Crippen MR) is 90.2 cm³/mol. The molecule has 0 unspecified atom stereocenters. The Balaban J connectivity index is 1.74. The average Bonchev–Trinajstić information content (AvgIpc) is 2.54. The first-order valence-electron chi connectivity index (χ1n) is 7.92. The minimum absolute atomic E-state index is 0.0221. The molecule has 4 nitrogen and oxygen atoms in total. The van der Waals surface area contributed by atoms with Gasteiger partial charge in [-0.2, -0.15) is 0 Å². The zero-order chi connectivity index (χ0) is 16.4. The summed E-state index contributed by atoms with van der Waals surface area (Å²) in [6, 6.07) is 13.6. The lowest BCUT2D eigenvalue weighted by atomic mass is 9.89. The highest BCUT2D eigenvalue weighted by Crippen LogP contribution is 2.21. The molecule has 23 heavy (non-hydrogen) atoms. The number of aliphatic hydroxyl groups excluding tert-OH is 1. The number of carbonyl (C=O) groups excluding carboxylic acids is 1. The van der Waals surface area contributed by atoms with Gasteiger partial charge in [-0.15, -0.1) is 0 Å². The van der Waals surface area contributed by atoms with Crippen molar-refractivity contribution in [2.24, 2.45) is 5.73 Å². The Morgan fingerprint density at radius 2 is 2.09 bits per heavy atom. The van der Waals surface area contributed by atoms with Crippen LogP contribution >= 0.6 is 0 Å². The largest absolute Gasteiger partial charge is 0.391 e. The Morgan fingerprint density at radius 3 is 2.87 bits per heavy atom. The van der Waals surface area contributed by atoms with Gasteiger partial charge in [0.15, 0.2) is 0 Å². The van der Waals surface area contributed by atoms with Gasteiger partial charge in [-0.3, -0.25) is 4.79 Å². The number of benzene rings is 2. The molecule has 120 valence electrons. The van der Waals surface area contributed by atoms with Gasteiger partial charge >= 0.3 is 0 Å². The number of primary amides is 1. The van der Waals surface area contributed by atoms with Gasteiger partial charge in [0, 0.05) is 24.6 Å². The highest BCUT2D eigenvalue weighted by molar-refractivity contribution is 5.94. The Bertz CT molecular complexity index is 727.